The third kappa shape index (κ3) is 1.87. The average molecular weight is 195 g/mol. The number of benzene rings is 1. The Labute approximate surface area is 83.1 Å². The molecule has 0 bridgehead atoms. The molecule has 2 nitrogen and oxygen atoms in total. The molecule has 0 aliphatic carbocycles. The van der Waals surface area contributed by atoms with E-state index in [0.717, 1.165) is 13.1 Å². The molecule has 1 aliphatic rings. The molecule has 0 aromatic heterocycles. The maximum Gasteiger partial charge on any atom is 0.167 e. The summed E-state index contributed by atoms with van der Waals surface area (Å²) in [5.74, 6) is 0.673. The molecule has 1 aliphatic heterocycles. The van der Waals surface area contributed by atoms with E-state index in [-0.39, 0.29) is 5.82 Å². The minimum Gasteiger partial charge on any atom is -0.490 e. The third-order valence-electron chi connectivity index (χ3n) is 2.50. The highest BCUT2D eigenvalue weighted by Crippen LogP contribution is 2.20. The fraction of sp³-hybridized carbons (Fsp3) is 0.455. The fourth-order valence-electron chi connectivity index (χ4n) is 1.41. The topological polar surface area (TPSA) is 21.3 Å². The van der Waals surface area contributed by atoms with Gasteiger partial charge in [-0.05, 0) is 18.6 Å². The standard InChI is InChI=1S/C11H14FNO/c1-8-3-2-4-10(11(8)12)14-7-9-5-13-6-9/h2-4,9,13H,5-7H2,1H3. The largest absolute Gasteiger partial charge is 0.490 e. The highest BCUT2D eigenvalue weighted by molar-refractivity contribution is 5.30. The van der Waals surface area contributed by atoms with Crippen LogP contribution < -0.4 is 10.1 Å². The lowest BCUT2D eigenvalue weighted by Crippen LogP contribution is -2.45. The van der Waals surface area contributed by atoms with Crippen LogP contribution in [0.4, 0.5) is 4.39 Å². The van der Waals surface area contributed by atoms with E-state index in [2.05, 4.69) is 5.32 Å². The van der Waals surface area contributed by atoms with Gasteiger partial charge in [-0.15, -0.1) is 0 Å². The molecule has 1 saturated heterocycles. The smallest absolute Gasteiger partial charge is 0.167 e. The van der Waals surface area contributed by atoms with Gasteiger partial charge in [0, 0.05) is 19.0 Å². The molecule has 3 heteroatoms. The molecule has 1 aromatic carbocycles. The molecular weight excluding hydrogens is 181 g/mol. The van der Waals surface area contributed by atoms with E-state index >= 15 is 0 Å². The van der Waals surface area contributed by atoms with Gasteiger partial charge in [-0.2, -0.15) is 0 Å². The Bertz CT molecular complexity index is 323. The zero-order valence-corrected chi connectivity index (χ0v) is 8.22. The van der Waals surface area contributed by atoms with Crippen LogP contribution in [0, 0.1) is 18.7 Å². The molecule has 0 atom stereocenters. The molecule has 2 rings (SSSR count). The molecule has 1 aromatic rings. The Morgan fingerprint density at radius 3 is 2.93 bits per heavy atom. The van der Waals surface area contributed by atoms with Gasteiger partial charge in [0.05, 0.1) is 6.61 Å². The zero-order chi connectivity index (χ0) is 9.97. The number of halogens is 1. The monoisotopic (exact) mass is 195 g/mol. The zero-order valence-electron chi connectivity index (χ0n) is 8.22. The van der Waals surface area contributed by atoms with Crippen molar-refractivity contribution < 1.29 is 9.13 Å². The Morgan fingerprint density at radius 1 is 1.50 bits per heavy atom. The first-order valence-corrected chi connectivity index (χ1v) is 4.86. The van der Waals surface area contributed by atoms with Gasteiger partial charge in [-0.1, -0.05) is 12.1 Å². The lowest BCUT2D eigenvalue weighted by atomic mass is 10.1. The maximum absolute atomic E-state index is 13.4. The van der Waals surface area contributed by atoms with Crippen LogP contribution >= 0.6 is 0 Å². The van der Waals surface area contributed by atoms with E-state index in [1.165, 1.54) is 0 Å². The van der Waals surface area contributed by atoms with Gasteiger partial charge >= 0.3 is 0 Å². The van der Waals surface area contributed by atoms with Crippen LogP contribution in [0.3, 0.4) is 0 Å². The van der Waals surface area contributed by atoms with Crippen LogP contribution in [0.5, 0.6) is 5.75 Å². The summed E-state index contributed by atoms with van der Waals surface area (Å²) in [4.78, 5) is 0. The fourth-order valence-corrected chi connectivity index (χ4v) is 1.41. The van der Waals surface area contributed by atoms with Crippen molar-refractivity contribution in [3.63, 3.8) is 0 Å². The molecule has 0 amide bonds. The minimum atomic E-state index is -0.236. The van der Waals surface area contributed by atoms with Crippen LogP contribution in [-0.2, 0) is 0 Å². The van der Waals surface area contributed by atoms with Gasteiger partial charge in [0.15, 0.2) is 11.6 Å². The first-order chi connectivity index (χ1) is 6.77. The van der Waals surface area contributed by atoms with Crippen molar-refractivity contribution in [3.8, 4) is 5.75 Å². The molecule has 76 valence electrons. The second-order valence-electron chi connectivity index (χ2n) is 3.72. The van der Waals surface area contributed by atoms with Gasteiger partial charge in [0.25, 0.3) is 0 Å². The molecule has 0 spiro atoms. The Hall–Kier alpha value is -1.09. The molecule has 0 saturated carbocycles. The molecule has 1 fully saturated rings. The number of hydrogen-bond acceptors (Lipinski definition) is 2. The van der Waals surface area contributed by atoms with E-state index in [1.54, 1.807) is 19.1 Å². The summed E-state index contributed by atoms with van der Waals surface area (Å²) in [6.45, 7) is 4.31. The van der Waals surface area contributed by atoms with Gasteiger partial charge in [-0.25, -0.2) is 4.39 Å². The van der Waals surface area contributed by atoms with Gasteiger partial charge in [0.2, 0.25) is 0 Å². The predicted octanol–water partition coefficient (Wildman–Crippen LogP) is 1.73. The van der Waals surface area contributed by atoms with Crippen molar-refractivity contribution in [2.45, 2.75) is 6.92 Å². The van der Waals surface area contributed by atoms with Crippen LogP contribution in [0.1, 0.15) is 5.56 Å². The van der Waals surface area contributed by atoms with Gasteiger partial charge in [-0.3, -0.25) is 0 Å². The first kappa shape index (κ1) is 9.46. The Balaban J connectivity index is 1.97. The molecule has 1 heterocycles. The highest BCUT2D eigenvalue weighted by atomic mass is 19.1. The predicted molar refractivity (Wildman–Crippen MR) is 53.0 cm³/mol. The van der Waals surface area contributed by atoms with Gasteiger partial charge in [0.1, 0.15) is 0 Å². The molecule has 1 N–H and O–H groups in total. The van der Waals surface area contributed by atoms with Crippen LogP contribution in [0.15, 0.2) is 18.2 Å². The second-order valence-corrected chi connectivity index (χ2v) is 3.72. The summed E-state index contributed by atoms with van der Waals surface area (Å²) >= 11 is 0. The quantitative estimate of drug-likeness (QED) is 0.793. The summed E-state index contributed by atoms with van der Waals surface area (Å²) in [6.07, 6.45) is 0. The van der Waals surface area contributed by atoms with E-state index in [4.69, 9.17) is 4.74 Å². The van der Waals surface area contributed by atoms with Crippen molar-refractivity contribution >= 4 is 0 Å². The van der Waals surface area contributed by atoms with Gasteiger partial charge < -0.3 is 10.1 Å². The Morgan fingerprint density at radius 2 is 2.29 bits per heavy atom. The van der Waals surface area contributed by atoms with E-state index in [1.807, 2.05) is 6.07 Å². The van der Waals surface area contributed by atoms with Crippen LogP contribution in [0.2, 0.25) is 0 Å². The first-order valence-electron chi connectivity index (χ1n) is 4.86. The molecule has 0 unspecified atom stereocenters. The lowest BCUT2D eigenvalue weighted by molar-refractivity contribution is 0.193. The van der Waals surface area contributed by atoms with E-state index in [9.17, 15) is 4.39 Å². The SMILES string of the molecule is Cc1cccc(OCC2CNC2)c1F. The van der Waals surface area contributed by atoms with Crippen molar-refractivity contribution in [2.75, 3.05) is 19.7 Å². The lowest BCUT2D eigenvalue weighted by Gasteiger charge is -2.26. The van der Waals surface area contributed by atoms with E-state index < -0.39 is 0 Å². The molecule has 14 heavy (non-hydrogen) atoms. The third-order valence-corrected chi connectivity index (χ3v) is 2.50. The Kier molecular flexibility index (Phi) is 2.68. The van der Waals surface area contributed by atoms with Crippen LogP contribution in [0.25, 0.3) is 0 Å². The normalized spacial score (nSPS) is 16.4. The summed E-state index contributed by atoms with van der Waals surface area (Å²) in [5.41, 5.74) is 0.634. The molecular formula is C11H14FNO. The summed E-state index contributed by atoms with van der Waals surface area (Å²) in [6, 6.07) is 5.23. The minimum absolute atomic E-state index is 0.236. The summed E-state index contributed by atoms with van der Waals surface area (Å²) in [7, 11) is 0. The number of rotatable bonds is 3. The van der Waals surface area contributed by atoms with Crippen molar-refractivity contribution in [3.05, 3.63) is 29.6 Å². The van der Waals surface area contributed by atoms with Crippen LogP contribution in [-0.4, -0.2) is 19.7 Å². The average Bonchev–Trinajstić information content (AvgIpc) is 2.09. The maximum atomic E-state index is 13.4. The van der Waals surface area contributed by atoms with E-state index in [0.29, 0.717) is 23.8 Å². The van der Waals surface area contributed by atoms with Crippen molar-refractivity contribution in [1.29, 1.82) is 0 Å². The number of aryl methyl sites for hydroxylation is 1. The van der Waals surface area contributed by atoms with Crippen molar-refractivity contribution in [1.82, 2.24) is 5.32 Å². The number of hydrogen-bond donors (Lipinski definition) is 1. The molecule has 0 radical (unpaired) electrons. The summed E-state index contributed by atoms with van der Waals surface area (Å²) in [5, 5.41) is 3.15. The summed E-state index contributed by atoms with van der Waals surface area (Å²) < 4.78 is 18.8. The van der Waals surface area contributed by atoms with Crippen molar-refractivity contribution in [2.24, 2.45) is 5.92 Å². The highest BCUT2D eigenvalue weighted by Gasteiger charge is 2.18. The number of ether oxygens (including phenoxy) is 1. The second kappa shape index (κ2) is 3.96. The number of nitrogens with one attached hydrogen (secondary N) is 1.